The van der Waals surface area contributed by atoms with Crippen molar-refractivity contribution in [3.8, 4) is 0 Å². The number of nitrogens with one attached hydrogen (secondary N) is 1. The number of hydrogen-bond donors (Lipinski definition) is 2. The molecule has 0 aliphatic rings. The van der Waals surface area contributed by atoms with Crippen LogP contribution in [0.25, 0.3) is 0 Å². The van der Waals surface area contributed by atoms with Crippen LogP contribution in [0, 0.1) is 0 Å². The Labute approximate surface area is 136 Å². The lowest BCUT2D eigenvalue weighted by Gasteiger charge is -2.04. The van der Waals surface area contributed by atoms with Gasteiger partial charge in [0, 0.05) is 11.4 Å². The third kappa shape index (κ3) is 5.94. The van der Waals surface area contributed by atoms with Crippen LogP contribution >= 0.6 is 0 Å². The highest BCUT2D eigenvalue weighted by Crippen LogP contribution is 2.14. The summed E-state index contributed by atoms with van der Waals surface area (Å²) in [4.78, 5) is 0.148. The van der Waals surface area contributed by atoms with E-state index in [2.05, 4.69) is 5.32 Å². The second-order valence-corrected chi connectivity index (χ2v) is 6.28. The smallest absolute Gasteiger partial charge is 0.238 e. The molecule has 0 unspecified atom stereocenters. The van der Waals surface area contributed by atoms with Gasteiger partial charge in [-0.05, 0) is 36.4 Å². The molecule has 0 heterocycles. The van der Waals surface area contributed by atoms with Crippen molar-refractivity contribution < 1.29 is 8.42 Å². The van der Waals surface area contributed by atoms with Crippen LogP contribution in [0.4, 0.5) is 11.4 Å². The van der Waals surface area contributed by atoms with Gasteiger partial charge >= 0.3 is 0 Å². The van der Waals surface area contributed by atoms with E-state index in [0.29, 0.717) is 0 Å². The molecule has 3 aromatic rings. The van der Waals surface area contributed by atoms with Gasteiger partial charge in [-0.1, -0.05) is 54.6 Å². The molecule has 4 nitrogen and oxygen atoms in total. The fourth-order valence-corrected chi connectivity index (χ4v) is 2.36. The molecule has 3 aromatic carbocycles. The van der Waals surface area contributed by atoms with E-state index in [1.165, 1.54) is 12.1 Å². The molecule has 0 aromatic heterocycles. The first kappa shape index (κ1) is 16.7. The van der Waals surface area contributed by atoms with Crippen LogP contribution in [0.1, 0.15) is 0 Å². The number of hydrogen-bond acceptors (Lipinski definition) is 3. The summed E-state index contributed by atoms with van der Waals surface area (Å²) in [6, 6.07) is 28.2. The molecule has 0 radical (unpaired) electrons. The molecule has 0 atom stereocenters. The van der Waals surface area contributed by atoms with Gasteiger partial charge in [0.15, 0.2) is 0 Å². The normalized spacial score (nSPS) is 10.3. The zero-order valence-electron chi connectivity index (χ0n) is 12.5. The van der Waals surface area contributed by atoms with Crippen LogP contribution in [0.5, 0.6) is 0 Å². The van der Waals surface area contributed by atoms with Gasteiger partial charge < -0.3 is 5.32 Å². The van der Waals surface area contributed by atoms with E-state index < -0.39 is 10.0 Å². The molecule has 23 heavy (non-hydrogen) atoms. The van der Waals surface area contributed by atoms with Gasteiger partial charge in [0.25, 0.3) is 0 Å². The quantitative estimate of drug-likeness (QED) is 0.769. The fourth-order valence-electron chi connectivity index (χ4n) is 1.82. The molecule has 0 saturated carbocycles. The Kier molecular flexibility index (Phi) is 5.91. The molecular formula is C18H18N2O2S. The molecule has 0 amide bonds. The van der Waals surface area contributed by atoms with Crippen molar-refractivity contribution in [2.45, 2.75) is 4.90 Å². The highest BCUT2D eigenvalue weighted by atomic mass is 32.2. The van der Waals surface area contributed by atoms with Gasteiger partial charge in [-0.15, -0.1) is 0 Å². The van der Waals surface area contributed by atoms with Gasteiger partial charge in [0.05, 0.1) is 4.90 Å². The maximum absolute atomic E-state index is 10.6. The Hall–Kier alpha value is -2.63. The van der Waals surface area contributed by atoms with Gasteiger partial charge in [0.1, 0.15) is 0 Å². The van der Waals surface area contributed by atoms with Gasteiger partial charge in [-0.3, -0.25) is 0 Å². The van der Waals surface area contributed by atoms with Gasteiger partial charge in [0.2, 0.25) is 10.0 Å². The molecule has 3 rings (SSSR count). The number of sulfonamides is 1. The first-order chi connectivity index (χ1) is 11.1. The highest BCUT2D eigenvalue weighted by molar-refractivity contribution is 7.89. The lowest BCUT2D eigenvalue weighted by molar-refractivity contribution is 0.598. The lowest BCUT2D eigenvalue weighted by atomic mass is 10.3. The first-order valence-corrected chi connectivity index (χ1v) is 8.55. The third-order valence-corrected chi connectivity index (χ3v) is 3.84. The Morgan fingerprint density at radius 2 is 0.957 bits per heavy atom. The Balaban J connectivity index is 0.000000174. The number of nitrogens with two attached hydrogens (primary N) is 1. The van der Waals surface area contributed by atoms with Gasteiger partial charge in [-0.2, -0.15) is 0 Å². The molecule has 0 spiro atoms. The maximum Gasteiger partial charge on any atom is 0.238 e. The minimum absolute atomic E-state index is 0.148. The van der Waals surface area contributed by atoms with Crippen molar-refractivity contribution in [1.29, 1.82) is 0 Å². The molecule has 118 valence electrons. The Morgan fingerprint density at radius 3 is 1.26 bits per heavy atom. The minimum atomic E-state index is -3.50. The van der Waals surface area contributed by atoms with Crippen LogP contribution in [-0.4, -0.2) is 8.42 Å². The zero-order valence-corrected chi connectivity index (χ0v) is 13.3. The number of rotatable bonds is 3. The Morgan fingerprint density at radius 1 is 0.609 bits per heavy atom. The second kappa shape index (κ2) is 8.12. The Bertz CT molecular complexity index is 768. The van der Waals surface area contributed by atoms with Crippen molar-refractivity contribution in [2.24, 2.45) is 5.14 Å². The molecular weight excluding hydrogens is 308 g/mol. The summed E-state index contributed by atoms with van der Waals surface area (Å²) in [5, 5.41) is 8.13. The van der Waals surface area contributed by atoms with Crippen molar-refractivity contribution in [3.63, 3.8) is 0 Å². The molecule has 0 saturated heterocycles. The van der Waals surface area contributed by atoms with Crippen LogP contribution < -0.4 is 10.5 Å². The van der Waals surface area contributed by atoms with E-state index in [9.17, 15) is 8.42 Å². The summed E-state index contributed by atoms with van der Waals surface area (Å²) in [5.74, 6) is 0. The highest BCUT2D eigenvalue weighted by Gasteiger charge is 2.03. The number of benzene rings is 3. The SMILES string of the molecule is NS(=O)(=O)c1ccccc1.c1ccc(Nc2ccccc2)cc1. The van der Waals surface area contributed by atoms with E-state index in [-0.39, 0.29) is 4.90 Å². The average molecular weight is 326 g/mol. The summed E-state index contributed by atoms with van der Waals surface area (Å²) in [7, 11) is -3.50. The van der Waals surface area contributed by atoms with E-state index >= 15 is 0 Å². The van der Waals surface area contributed by atoms with Crippen LogP contribution in [-0.2, 0) is 10.0 Å². The van der Waals surface area contributed by atoms with Crippen molar-refractivity contribution >= 4 is 21.4 Å². The fraction of sp³-hybridized carbons (Fsp3) is 0. The second-order valence-electron chi connectivity index (χ2n) is 4.72. The van der Waals surface area contributed by atoms with Crippen LogP contribution in [0.3, 0.4) is 0 Å². The van der Waals surface area contributed by atoms with Crippen LogP contribution in [0.15, 0.2) is 95.9 Å². The third-order valence-electron chi connectivity index (χ3n) is 2.91. The molecule has 0 aliphatic carbocycles. The standard InChI is InChI=1S/C12H11N.C6H7NO2S/c1-3-7-11(8-4-1)13-12-9-5-2-6-10-12;7-10(8,9)6-4-2-1-3-5-6/h1-10,13H;1-5H,(H2,7,8,9). The molecule has 0 bridgehead atoms. The lowest BCUT2D eigenvalue weighted by Crippen LogP contribution is -2.11. The summed E-state index contributed by atoms with van der Waals surface area (Å²) in [6.07, 6.45) is 0. The zero-order chi connectivity index (χ0) is 16.5. The summed E-state index contributed by atoms with van der Waals surface area (Å²) < 4.78 is 21.2. The number of anilines is 2. The molecule has 0 fully saturated rings. The van der Waals surface area contributed by atoms with Crippen molar-refractivity contribution in [3.05, 3.63) is 91.0 Å². The molecule has 3 N–H and O–H groups in total. The number of para-hydroxylation sites is 2. The maximum atomic E-state index is 10.6. The van der Waals surface area contributed by atoms with Crippen molar-refractivity contribution in [2.75, 3.05) is 5.32 Å². The minimum Gasteiger partial charge on any atom is -0.356 e. The van der Waals surface area contributed by atoms with E-state index in [4.69, 9.17) is 5.14 Å². The van der Waals surface area contributed by atoms with E-state index in [1.54, 1.807) is 18.2 Å². The average Bonchev–Trinajstić information content (AvgIpc) is 2.57. The topological polar surface area (TPSA) is 72.2 Å². The summed E-state index contributed by atoms with van der Waals surface area (Å²) in [5.41, 5.74) is 2.24. The number of primary sulfonamides is 1. The van der Waals surface area contributed by atoms with Gasteiger partial charge in [-0.25, -0.2) is 13.6 Å². The van der Waals surface area contributed by atoms with E-state index in [1.807, 2.05) is 60.7 Å². The summed E-state index contributed by atoms with van der Waals surface area (Å²) >= 11 is 0. The monoisotopic (exact) mass is 326 g/mol. The molecule has 0 aliphatic heterocycles. The predicted octanol–water partition coefficient (Wildman–Crippen LogP) is 3.76. The largest absolute Gasteiger partial charge is 0.356 e. The predicted molar refractivity (Wildman–Crippen MR) is 94.0 cm³/mol. The molecule has 5 heteroatoms. The van der Waals surface area contributed by atoms with Crippen molar-refractivity contribution in [1.82, 2.24) is 0 Å². The summed E-state index contributed by atoms with van der Waals surface area (Å²) in [6.45, 7) is 0. The first-order valence-electron chi connectivity index (χ1n) is 7.01. The van der Waals surface area contributed by atoms with E-state index in [0.717, 1.165) is 11.4 Å². The van der Waals surface area contributed by atoms with Crippen LogP contribution in [0.2, 0.25) is 0 Å².